The number of carbonyl (C=O) groups excluding carboxylic acids is 3. The molecule has 2 N–H and O–H groups in total. The van der Waals surface area contributed by atoms with Crippen LogP contribution in [-0.2, 0) is 32.0 Å². The molecular weight excluding hydrogens is 342 g/mol. The lowest BCUT2D eigenvalue weighted by Crippen LogP contribution is -2.48. The van der Waals surface area contributed by atoms with E-state index in [2.05, 4.69) is 36.9 Å². The van der Waals surface area contributed by atoms with E-state index in [1.165, 1.54) is 30.9 Å². The fourth-order valence-electron chi connectivity index (χ4n) is 4.18. The third kappa shape index (κ3) is 6.19. The van der Waals surface area contributed by atoms with Crippen LogP contribution < -0.4 is 5.73 Å². The van der Waals surface area contributed by atoms with Crippen LogP contribution in [-0.4, -0.2) is 23.3 Å². The van der Waals surface area contributed by atoms with E-state index in [0.29, 0.717) is 12.3 Å². The highest BCUT2D eigenvalue weighted by Gasteiger charge is 2.47. The third-order valence-corrected chi connectivity index (χ3v) is 5.52. The van der Waals surface area contributed by atoms with Crippen molar-refractivity contribution in [2.75, 3.05) is 0 Å². The lowest BCUT2D eigenvalue weighted by molar-refractivity contribution is -0.178. The maximum atomic E-state index is 12.0. The summed E-state index contributed by atoms with van der Waals surface area (Å²) in [7, 11) is 0. The molecule has 1 aliphatic heterocycles. The van der Waals surface area contributed by atoms with Gasteiger partial charge in [-0.2, -0.15) is 0 Å². The lowest BCUT2D eigenvalue weighted by Gasteiger charge is -2.41. The SMILES string of the molecule is CC(N)=O.CCc1ccc(CCC2(C3CCCC3)CC(=O)CC(=O)O2)cc1. The average molecular weight is 373 g/mol. The number of hydrogen-bond donors (Lipinski definition) is 1. The first-order valence-electron chi connectivity index (χ1n) is 9.92. The summed E-state index contributed by atoms with van der Waals surface area (Å²) in [6, 6.07) is 8.65. The number of carbonyl (C=O) groups is 3. The molecule has 0 spiro atoms. The number of aryl methyl sites for hydroxylation is 2. The number of primary amides is 1. The summed E-state index contributed by atoms with van der Waals surface area (Å²) in [6.45, 7) is 3.46. The Balaban J connectivity index is 0.000000596. The molecule has 5 nitrogen and oxygen atoms in total. The van der Waals surface area contributed by atoms with Crippen LogP contribution in [0.25, 0.3) is 0 Å². The van der Waals surface area contributed by atoms with Gasteiger partial charge in [-0.3, -0.25) is 14.4 Å². The molecule has 0 bridgehead atoms. The first-order chi connectivity index (χ1) is 12.8. The number of benzene rings is 1. The highest BCUT2D eigenvalue weighted by Crippen LogP contribution is 2.43. The van der Waals surface area contributed by atoms with Crippen molar-refractivity contribution in [1.82, 2.24) is 0 Å². The van der Waals surface area contributed by atoms with Gasteiger partial charge < -0.3 is 10.5 Å². The summed E-state index contributed by atoms with van der Waals surface area (Å²) in [4.78, 5) is 33.2. The van der Waals surface area contributed by atoms with Gasteiger partial charge in [0.1, 0.15) is 17.8 Å². The molecule has 1 heterocycles. The van der Waals surface area contributed by atoms with Gasteiger partial charge in [-0.25, -0.2) is 0 Å². The summed E-state index contributed by atoms with van der Waals surface area (Å²) in [6.07, 6.45) is 7.56. The second-order valence-electron chi connectivity index (χ2n) is 7.69. The average Bonchev–Trinajstić information content (AvgIpc) is 3.14. The zero-order valence-electron chi connectivity index (χ0n) is 16.5. The standard InChI is InChI=1S/C20H26O3.C2H5NO/c1-2-15-7-9-16(10-8-15)11-12-20(17-5-3-4-6-17)14-18(21)13-19(22)23-20;1-2(3)4/h7-10,17H,2-6,11-14H2,1H3;1H3,(H2,3,4). The van der Waals surface area contributed by atoms with Gasteiger partial charge in [0, 0.05) is 13.3 Å². The summed E-state index contributed by atoms with van der Waals surface area (Å²) in [5.74, 6) is -0.255. The van der Waals surface area contributed by atoms with Gasteiger partial charge in [-0.1, -0.05) is 44.0 Å². The van der Waals surface area contributed by atoms with E-state index in [1.807, 2.05) is 0 Å². The topological polar surface area (TPSA) is 86.5 Å². The Bertz CT molecular complexity index is 639. The predicted octanol–water partition coefficient (Wildman–Crippen LogP) is 3.51. The zero-order chi connectivity index (χ0) is 19.9. The van der Waals surface area contributed by atoms with Crippen LogP contribution in [0.15, 0.2) is 24.3 Å². The predicted molar refractivity (Wildman–Crippen MR) is 104 cm³/mol. The maximum absolute atomic E-state index is 12.0. The summed E-state index contributed by atoms with van der Waals surface area (Å²) in [5.41, 5.74) is 6.51. The fraction of sp³-hybridized carbons (Fsp3) is 0.591. The van der Waals surface area contributed by atoms with Gasteiger partial charge in [0.25, 0.3) is 0 Å². The summed E-state index contributed by atoms with van der Waals surface area (Å²) >= 11 is 0. The molecule has 1 unspecified atom stereocenters. The molecule has 5 heteroatoms. The number of ether oxygens (including phenoxy) is 1. The van der Waals surface area contributed by atoms with Gasteiger partial charge in [-0.05, 0) is 49.1 Å². The first-order valence-corrected chi connectivity index (χ1v) is 9.92. The fourth-order valence-corrected chi connectivity index (χ4v) is 4.18. The molecule has 148 valence electrons. The van der Waals surface area contributed by atoms with Gasteiger partial charge in [-0.15, -0.1) is 0 Å². The van der Waals surface area contributed by atoms with Crippen molar-refractivity contribution in [2.24, 2.45) is 11.7 Å². The monoisotopic (exact) mass is 373 g/mol. The van der Waals surface area contributed by atoms with Crippen molar-refractivity contribution in [3.8, 4) is 0 Å². The Hall–Kier alpha value is -2.17. The number of hydrogen-bond acceptors (Lipinski definition) is 4. The Labute approximate surface area is 161 Å². The number of Topliss-reactive ketones (excluding diaryl/α,β-unsaturated/α-hetero) is 1. The molecule has 1 aromatic rings. The molecule has 1 saturated carbocycles. The molecule has 3 rings (SSSR count). The minimum Gasteiger partial charge on any atom is -0.458 e. The maximum Gasteiger partial charge on any atom is 0.313 e. The Kier molecular flexibility index (Phi) is 7.57. The molecule has 1 saturated heterocycles. The number of cyclic esters (lactones) is 1. The molecule has 1 aromatic carbocycles. The van der Waals surface area contributed by atoms with Crippen LogP contribution in [0.1, 0.15) is 69.9 Å². The van der Waals surface area contributed by atoms with Crippen LogP contribution >= 0.6 is 0 Å². The molecule has 1 amide bonds. The van der Waals surface area contributed by atoms with E-state index in [4.69, 9.17) is 4.74 Å². The van der Waals surface area contributed by atoms with E-state index >= 15 is 0 Å². The van der Waals surface area contributed by atoms with Gasteiger partial charge in [0.15, 0.2) is 0 Å². The molecular formula is C22H31NO4. The third-order valence-electron chi connectivity index (χ3n) is 5.52. The smallest absolute Gasteiger partial charge is 0.313 e. The minimum atomic E-state index is -0.549. The molecule has 1 aliphatic carbocycles. The molecule has 2 aliphatic rings. The van der Waals surface area contributed by atoms with E-state index in [0.717, 1.165) is 32.1 Å². The Morgan fingerprint density at radius 1 is 1.15 bits per heavy atom. The van der Waals surface area contributed by atoms with Crippen molar-refractivity contribution >= 4 is 17.7 Å². The van der Waals surface area contributed by atoms with Gasteiger partial charge in [0.2, 0.25) is 5.91 Å². The Morgan fingerprint density at radius 3 is 2.22 bits per heavy atom. The zero-order valence-corrected chi connectivity index (χ0v) is 16.5. The highest BCUT2D eigenvalue weighted by molar-refractivity contribution is 5.98. The Morgan fingerprint density at radius 2 is 1.70 bits per heavy atom. The van der Waals surface area contributed by atoms with Gasteiger partial charge in [0.05, 0.1) is 0 Å². The van der Waals surface area contributed by atoms with Crippen molar-refractivity contribution in [1.29, 1.82) is 0 Å². The van der Waals surface area contributed by atoms with Crippen molar-refractivity contribution < 1.29 is 19.1 Å². The van der Waals surface area contributed by atoms with Gasteiger partial charge >= 0.3 is 5.97 Å². The van der Waals surface area contributed by atoms with Crippen LogP contribution in [0.5, 0.6) is 0 Å². The molecule has 27 heavy (non-hydrogen) atoms. The minimum absolute atomic E-state index is 0.0420. The summed E-state index contributed by atoms with van der Waals surface area (Å²) in [5, 5.41) is 0. The highest BCUT2D eigenvalue weighted by atomic mass is 16.6. The van der Waals surface area contributed by atoms with E-state index in [-0.39, 0.29) is 24.1 Å². The van der Waals surface area contributed by atoms with Crippen LogP contribution in [0.3, 0.4) is 0 Å². The van der Waals surface area contributed by atoms with Crippen LogP contribution in [0, 0.1) is 5.92 Å². The number of nitrogens with two attached hydrogens (primary N) is 1. The number of rotatable bonds is 5. The molecule has 1 atom stereocenters. The van der Waals surface area contributed by atoms with Crippen molar-refractivity contribution in [3.05, 3.63) is 35.4 Å². The first kappa shape index (κ1) is 21.1. The largest absolute Gasteiger partial charge is 0.458 e. The summed E-state index contributed by atoms with van der Waals surface area (Å²) < 4.78 is 5.84. The number of ketones is 1. The number of esters is 1. The van der Waals surface area contributed by atoms with E-state index in [9.17, 15) is 14.4 Å². The quantitative estimate of drug-likeness (QED) is 0.632. The van der Waals surface area contributed by atoms with Crippen molar-refractivity contribution in [2.45, 2.75) is 77.2 Å². The molecule has 0 radical (unpaired) electrons. The lowest BCUT2D eigenvalue weighted by atomic mass is 9.76. The van der Waals surface area contributed by atoms with Crippen LogP contribution in [0.4, 0.5) is 0 Å². The normalized spacial score (nSPS) is 22.7. The van der Waals surface area contributed by atoms with Crippen LogP contribution in [0.2, 0.25) is 0 Å². The molecule has 2 fully saturated rings. The number of amides is 1. The molecule has 0 aromatic heterocycles. The second-order valence-corrected chi connectivity index (χ2v) is 7.69. The van der Waals surface area contributed by atoms with E-state index in [1.54, 1.807) is 0 Å². The van der Waals surface area contributed by atoms with E-state index < -0.39 is 5.60 Å². The van der Waals surface area contributed by atoms with Crippen molar-refractivity contribution in [3.63, 3.8) is 0 Å². The second kappa shape index (κ2) is 9.67.